The zero-order chi connectivity index (χ0) is 21.4. The molecule has 0 saturated carbocycles. The molecule has 1 aromatic carbocycles. The highest BCUT2D eigenvalue weighted by molar-refractivity contribution is 7.10. The van der Waals surface area contributed by atoms with Crippen LogP contribution >= 0.6 is 11.3 Å². The van der Waals surface area contributed by atoms with E-state index in [1.807, 2.05) is 31.4 Å². The van der Waals surface area contributed by atoms with Crippen molar-refractivity contribution in [2.75, 3.05) is 37.3 Å². The van der Waals surface area contributed by atoms with Gasteiger partial charge < -0.3 is 15.5 Å². The fourth-order valence-electron chi connectivity index (χ4n) is 2.76. The summed E-state index contributed by atoms with van der Waals surface area (Å²) < 4.78 is 0. The van der Waals surface area contributed by atoms with Crippen LogP contribution in [0.25, 0.3) is 0 Å². The Morgan fingerprint density at radius 3 is 2.17 bits per heavy atom. The highest BCUT2D eigenvalue weighted by atomic mass is 32.1. The predicted octanol–water partition coefficient (Wildman–Crippen LogP) is 3.19. The maximum absolute atomic E-state index is 12.6. The van der Waals surface area contributed by atoms with Gasteiger partial charge in [-0.1, -0.05) is 13.0 Å². The van der Waals surface area contributed by atoms with E-state index in [1.165, 1.54) is 6.92 Å². The van der Waals surface area contributed by atoms with E-state index in [0.29, 0.717) is 17.9 Å². The van der Waals surface area contributed by atoms with Gasteiger partial charge in [0.1, 0.15) is 0 Å². The predicted molar refractivity (Wildman–Crippen MR) is 117 cm³/mol. The van der Waals surface area contributed by atoms with Crippen molar-refractivity contribution in [3.8, 4) is 0 Å². The SMILES string of the molecule is CCN(CC(=O)Nc1ccc(NC(C)=O)cc1)CC(=O)N(C)C(C)c1cccs1. The minimum Gasteiger partial charge on any atom is -0.337 e. The Morgan fingerprint density at radius 1 is 1.03 bits per heavy atom. The molecule has 156 valence electrons. The number of thiophene rings is 1. The Hall–Kier alpha value is -2.71. The molecule has 2 rings (SSSR count). The van der Waals surface area contributed by atoms with Crippen molar-refractivity contribution in [3.63, 3.8) is 0 Å². The van der Waals surface area contributed by atoms with Crippen molar-refractivity contribution in [3.05, 3.63) is 46.7 Å². The van der Waals surface area contributed by atoms with Crippen LogP contribution in [0.4, 0.5) is 11.4 Å². The van der Waals surface area contributed by atoms with Crippen LogP contribution in [0.2, 0.25) is 0 Å². The molecule has 1 unspecified atom stereocenters. The van der Waals surface area contributed by atoms with Crippen molar-refractivity contribution in [2.24, 2.45) is 0 Å². The molecule has 2 aromatic rings. The molecule has 0 aliphatic rings. The van der Waals surface area contributed by atoms with E-state index in [0.717, 1.165) is 4.88 Å². The normalized spacial score (nSPS) is 11.8. The van der Waals surface area contributed by atoms with Crippen molar-refractivity contribution in [2.45, 2.75) is 26.8 Å². The first-order chi connectivity index (χ1) is 13.8. The van der Waals surface area contributed by atoms with Gasteiger partial charge in [-0.05, 0) is 49.2 Å². The molecule has 1 heterocycles. The number of nitrogens with zero attached hydrogens (tertiary/aromatic N) is 2. The molecule has 0 fully saturated rings. The summed E-state index contributed by atoms with van der Waals surface area (Å²) in [5, 5.41) is 7.49. The summed E-state index contributed by atoms with van der Waals surface area (Å²) in [6.45, 7) is 6.24. The smallest absolute Gasteiger partial charge is 0.238 e. The van der Waals surface area contributed by atoms with E-state index in [1.54, 1.807) is 52.4 Å². The molecular weight excluding hydrogens is 388 g/mol. The van der Waals surface area contributed by atoms with Crippen LogP contribution in [0, 0.1) is 0 Å². The minimum absolute atomic E-state index is 0.00263. The quantitative estimate of drug-likeness (QED) is 0.658. The van der Waals surface area contributed by atoms with Gasteiger partial charge in [-0.15, -0.1) is 11.3 Å². The van der Waals surface area contributed by atoms with E-state index in [9.17, 15) is 14.4 Å². The van der Waals surface area contributed by atoms with Gasteiger partial charge in [0.25, 0.3) is 0 Å². The molecule has 1 aromatic heterocycles. The number of benzene rings is 1. The lowest BCUT2D eigenvalue weighted by molar-refractivity contribution is -0.133. The van der Waals surface area contributed by atoms with Crippen molar-refractivity contribution >= 4 is 40.4 Å². The van der Waals surface area contributed by atoms with Gasteiger partial charge in [0.15, 0.2) is 0 Å². The third-order valence-electron chi connectivity index (χ3n) is 4.59. The monoisotopic (exact) mass is 416 g/mol. The van der Waals surface area contributed by atoms with E-state index < -0.39 is 0 Å². The Bertz CT molecular complexity index is 821. The molecule has 8 heteroatoms. The molecular formula is C21H28N4O3S. The van der Waals surface area contributed by atoms with Crippen LogP contribution in [-0.2, 0) is 14.4 Å². The zero-order valence-corrected chi connectivity index (χ0v) is 18.1. The lowest BCUT2D eigenvalue weighted by Gasteiger charge is -2.27. The Labute approximate surface area is 175 Å². The van der Waals surface area contributed by atoms with Crippen LogP contribution < -0.4 is 10.6 Å². The van der Waals surface area contributed by atoms with Crippen LogP contribution in [-0.4, -0.2) is 54.2 Å². The second-order valence-electron chi connectivity index (χ2n) is 6.81. The maximum Gasteiger partial charge on any atom is 0.238 e. The van der Waals surface area contributed by atoms with Crippen LogP contribution in [0.5, 0.6) is 0 Å². The number of hydrogen-bond acceptors (Lipinski definition) is 5. The fourth-order valence-corrected chi connectivity index (χ4v) is 3.59. The summed E-state index contributed by atoms with van der Waals surface area (Å²) in [6, 6.07) is 10.9. The number of nitrogens with one attached hydrogen (secondary N) is 2. The van der Waals surface area contributed by atoms with Gasteiger partial charge in [-0.2, -0.15) is 0 Å². The summed E-state index contributed by atoms with van der Waals surface area (Å²) in [7, 11) is 1.79. The first-order valence-corrected chi connectivity index (χ1v) is 10.4. The summed E-state index contributed by atoms with van der Waals surface area (Å²) >= 11 is 1.62. The van der Waals surface area contributed by atoms with E-state index >= 15 is 0 Å². The Balaban J connectivity index is 1.87. The minimum atomic E-state index is -0.194. The van der Waals surface area contributed by atoms with Gasteiger partial charge in [0.2, 0.25) is 17.7 Å². The van der Waals surface area contributed by atoms with Crippen molar-refractivity contribution < 1.29 is 14.4 Å². The Morgan fingerprint density at radius 2 is 1.66 bits per heavy atom. The first-order valence-electron chi connectivity index (χ1n) is 9.49. The number of carbonyl (C=O) groups is 3. The number of rotatable bonds is 9. The largest absolute Gasteiger partial charge is 0.337 e. The number of anilines is 2. The average molecular weight is 417 g/mol. The van der Waals surface area contributed by atoms with Crippen molar-refractivity contribution in [1.82, 2.24) is 9.80 Å². The highest BCUT2D eigenvalue weighted by Crippen LogP contribution is 2.23. The second kappa shape index (κ2) is 10.7. The van der Waals surface area contributed by atoms with Gasteiger partial charge in [0, 0.05) is 30.2 Å². The van der Waals surface area contributed by atoms with Gasteiger partial charge in [0.05, 0.1) is 19.1 Å². The van der Waals surface area contributed by atoms with Crippen molar-refractivity contribution in [1.29, 1.82) is 0 Å². The van der Waals surface area contributed by atoms with Gasteiger partial charge in [-0.3, -0.25) is 19.3 Å². The van der Waals surface area contributed by atoms with Crippen LogP contribution in [0.3, 0.4) is 0 Å². The number of hydrogen-bond donors (Lipinski definition) is 2. The third-order valence-corrected chi connectivity index (χ3v) is 5.63. The third kappa shape index (κ3) is 6.99. The highest BCUT2D eigenvalue weighted by Gasteiger charge is 2.21. The molecule has 0 spiro atoms. The number of likely N-dealkylation sites (N-methyl/N-ethyl adjacent to an activating group) is 2. The lowest BCUT2D eigenvalue weighted by atomic mass is 10.2. The molecule has 0 aliphatic heterocycles. The first kappa shape index (κ1) is 22.6. The maximum atomic E-state index is 12.6. The topological polar surface area (TPSA) is 81.8 Å². The standard InChI is InChI=1S/C21H28N4O3S/c1-5-25(14-21(28)24(4)15(2)19-7-6-12-29-19)13-20(27)23-18-10-8-17(9-11-18)22-16(3)26/h6-12,15H,5,13-14H2,1-4H3,(H,22,26)(H,23,27). The van der Waals surface area contributed by atoms with E-state index in [-0.39, 0.29) is 36.9 Å². The molecule has 0 saturated heterocycles. The summed E-state index contributed by atoms with van der Waals surface area (Å²) in [6.07, 6.45) is 0. The second-order valence-corrected chi connectivity index (χ2v) is 7.79. The average Bonchev–Trinajstić information content (AvgIpc) is 3.22. The molecule has 29 heavy (non-hydrogen) atoms. The molecule has 0 radical (unpaired) electrons. The van der Waals surface area contributed by atoms with Crippen LogP contribution in [0.1, 0.15) is 31.7 Å². The summed E-state index contributed by atoms with van der Waals surface area (Å²) in [4.78, 5) is 40.7. The Kier molecular flexibility index (Phi) is 8.35. The summed E-state index contributed by atoms with van der Waals surface area (Å²) in [5.41, 5.74) is 1.30. The molecule has 0 aliphatic carbocycles. The van der Waals surface area contributed by atoms with E-state index in [4.69, 9.17) is 0 Å². The molecule has 2 N–H and O–H groups in total. The zero-order valence-electron chi connectivity index (χ0n) is 17.3. The number of carbonyl (C=O) groups excluding carboxylic acids is 3. The lowest BCUT2D eigenvalue weighted by Crippen LogP contribution is -2.42. The molecule has 7 nitrogen and oxygen atoms in total. The molecule has 0 bridgehead atoms. The van der Waals surface area contributed by atoms with Crippen LogP contribution in [0.15, 0.2) is 41.8 Å². The molecule has 3 amide bonds. The van der Waals surface area contributed by atoms with E-state index in [2.05, 4.69) is 10.6 Å². The van der Waals surface area contributed by atoms with Gasteiger partial charge >= 0.3 is 0 Å². The number of amides is 3. The molecule has 1 atom stereocenters. The summed E-state index contributed by atoms with van der Waals surface area (Å²) in [5.74, 6) is -0.371. The fraction of sp³-hybridized carbons (Fsp3) is 0.381. The van der Waals surface area contributed by atoms with Gasteiger partial charge in [-0.25, -0.2) is 0 Å².